The Morgan fingerprint density at radius 3 is 3.08 bits per heavy atom. The highest BCUT2D eigenvalue weighted by atomic mass is 16.4. The van der Waals surface area contributed by atoms with Gasteiger partial charge in [0.15, 0.2) is 12.2 Å². The van der Waals surface area contributed by atoms with E-state index in [9.17, 15) is 9.59 Å². The molecule has 0 saturated heterocycles. The van der Waals surface area contributed by atoms with E-state index < -0.39 is 11.9 Å². The van der Waals surface area contributed by atoms with Gasteiger partial charge in [0.25, 0.3) is 0 Å². The Bertz CT molecular complexity index is 368. The fourth-order valence-corrected chi connectivity index (χ4v) is 1.43. The highest BCUT2D eigenvalue weighted by Crippen LogP contribution is 2.24. The van der Waals surface area contributed by atoms with E-state index in [0.29, 0.717) is 5.76 Å². The molecule has 5 nitrogen and oxygen atoms in total. The molecule has 0 aliphatic heterocycles. The Labute approximate surface area is 73.4 Å². The molecule has 1 unspecified atom stereocenters. The summed E-state index contributed by atoms with van der Waals surface area (Å²) in [5.41, 5.74) is 0.289. The zero-order valence-electron chi connectivity index (χ0n) is 6.69. The van der Waals surface area contributed by atoms with Crippen LogP contribution in [0.1, 0.15) is 22.7 Å². The maximum atomic E-state index is 11.3. The number of hydrogen-bond acceptors (Lipinski definition) is 4. The summed E-state index contributed by atoms with van der Waals surface area (Å²) >= 11 is 0. The molecule has 13 heavy (non-hydrogen) atoms. The number of fused-ring (bicyclic) bond motifs is 1. The number of hydrogen-bond donors (Lipinski definition) is 1. The minimum Gasteiger partial charge on any atom is -0.481 e. The predicted molar refractivity (Wildman–Crippen MR) is 40.3 cm³/mol. The fraction of sp³-hybridized carbons (Fsp3) is 0.375. The Balaban J connectivity index is 2.34. The van der Waals surface area contributed by atoms with Crippen LogP contribution in [0.5, 0.6) is 0 Å². The van der Waals surface area contributed by atoms with Crippen LogP contribution < -0.4 is 0 Å². The van der Waals surface area contributed by atoms with Crippen molar-refractivity contribution in [2.24, 2.45) is 5.92 Å². The first-order chi connectivity index (χ1) is 6.18. The molecule has 1 aromatic rings. The number of aromatic nitrogens is 1. The standard InChI is InChI=1S/C8H7NO4/c10-5-1-4(8(11)12)2-6-7(5)9-3-13-6/h3-4H,1-2H2,(H,11,12). The second kappa shape index (κ2) is 2.69. The van der Waals surface area contributed by atoms with E-state index in [1.807, 2.05) is 0 Å². The Morgan fingerprint density at radius 2 is 2.38 bits per heavy atom. The number of carbonyl (C=O) groups excluding carboxylic acids is 1. The summed E-state index contributed by atoms with van der Waals surface area (Å²) in [7, 11) is 0. The van der Waals surface area contributed by atoms with Crippen molar-refractivity contribution in [3.63, 3.8) is 0 Å². The number of carbonyl (C=O) groups is 2. The van der Waals surface area contributed by atoms with Crippen molar-refractivity contribution in [3.8, 4) is 0 Å². The van der Waals surface area contributed by atoms with Crippen molar-refractivity contribution in [2.75, 3.05) is 0 Å². The number of oxazole rings is 1. The summed E-state index contributed by atoms with van der Waals surface area (Å²) in [5, 5.41) is 8.70. The molecule has 0 spiro atoms. The summed E-state index contributed by atoms with van der Waals surface area (Å²) in [6.45, 7) is 0. The summed E-state index contributed by atoms with van der Waals surface area (Å²) in [5.74, 6) is -1.48. The molecule has 0 bridgehead atoms. The molecular formula is C8H7NO4. The van der Waals surface area contributed by atoms with Crippen LogP contribution in [0.4, 0.5) is 0 Å². The van der Waals surface area contributed by atoms with E-state index >= 15 is 0 Å². The normalized spacial score (nSPS) is 21.2. The first-order valence-electron chi connectivity index (χ1n) is 3.87. The summed E-state index contributed by atoms with van der Waals surface area (Å²) in [6, 6.07) is 0. The number of aliphatic carboxylic acids is 1. The van der Waals surface area contributed by atoms with Gasteiger partial charge in [-0.1, -0.05) is 0 Å². The smallest absolute Gasteiger partial charge is 0.307 e. The van der Waals surface area contributed by atoms with Crippen LogP contribution in [0.15, 0.2) is 10.8 Å². The van der Waals surface area contributed by atoms with Crippen molar-refractivity contribution < 1.29 is 19.1 Å². The van der Waals surface area contributed by atoms with Gasteiger partial charge in [-0.25, -0.2) is 4.98 Å². The number of rotatable bonds is 1. The van der Waals surface area contributed by atoms with E-state index in [1.165, 1.54) is 6.39 Å². The van der Waals surface area contributed by atoms with E-state index in [1.54, 1.807) is 0 Å². The van der Waals surface area contributed by atoms with Crippen molar-refractivity contribution >= 4 is 11.8 Å². The minimum atomic E-state index is -0.963. The molecule has 0 aromatic carbocycles. The average molecular weight is 181 g/mol. The van der Waals surface area contributed by atoms with Crippen LogP contribution in [0.2, 0.25) is 0 Å². The van der Waals surface area contributed by atoms with Gasteiger partial charge >= 0.3 is 5.97 Å². The maximum Gasteiger partial charge on any atom is 0.307 e. The van der Waals surface area contributed by atoms with Gasteiger partial charge in [0.05, 0.1) is 5.92 Å². The van der Waals surface area contributed by atoms with Crippen LogP contribution in [-0.2, 0) is 11.2 Å². The van der Waals surface area contributed by atoms with E-state index in [4.69, 9.17) is 9.52 Å². The molecule has 68 valence electrons. The van der Waals surface area contributed by atoms with Crippen LogP contribution in [0, 0.1) is 5.92 Å². The third-order valence-corrected chi connectivity index (χ3v) is 2.12. The molecule has 5 heteroatoms. The van der Waals surface area contributed by atoms with Gasteiger partial charge in [0, 0.05) is 12.8 Å². The van der Waals surface area contributed by atoms with E-state index in [-0.39, 0.29) is 24.3 Å². The zero-order chi connectivity index (χ0) is 9.42. The van der Waals surface area contributed by atoms with Gasteiger partial charge < -0.3 is 9.52 Å². The molecular weight excluding hydrogens is 174 g/mol. The molecule has 1 aliphatic rings. The molecule has 1 heterocycles. The van der Waals surface area contributed by atoms with Gasteiger partial charge in [-0.2, -0.15) is 0 Å². The number of carboxylic acids is 1. The Kier molecular flexibility index (Phi) is 1.65. The van der Waals surface area contributed by atoms with Crippen molar-refractivity contribution in [3.05, 3.63) is 17.8 Å². The lowest BCUT2D eigenvalue weighted by molar-refractivity contribution is -0.141. The second-order valence-corrected chi connectivity index (χ2v) is 2.99. The first kappa shape index (κ1) is 7.97. The summed E-state index contributed by atoms with van der Waals surface area (Å²) in [4.78, 5) is 25.6. The molecule has 1 atom stereocenters. The van der Waals surface area contributed by atoms with Crippen LogP contribution in [0.3, 0.4) is 0 Å². The molecule has 1 N–H and O–H groups in total. The third kappa shape index (κ3) is 1.22. The summed E-state index contributed by atoms with van der Waals surface area (Å²) < 4.78 is 4.91. The first-order valence-corrected chi connectivity index (χ1v) is 3.87. The van der Waals surface area contributed by atoms with E-state index in [2.05, 4.69) is 4.98 Å². The van der Waals surface area contributed by atoms with Crippen LogP contribution in [-0.4, -0.2) is 21.8 Å². The number of nitrogens with zero attached hydrogens (tertiary/aromatic N) is 1. The van der Waals surface area contributed by atoms with Crippen LogP contribution >= 0.6 is 0 Å². The molecule has 1 aromatic heterocycles. The third-order valence-electron chi connectivity index (χ3n) is 2.12. The molecule has 2 rings (SSSR count). The minimum absolute atomic E-state index is 0.0227. The van der Waals surface area contributed by atoms with Gasteiger partial charge in [0.1, 0.15) is 11.5 Å². The van der Waals surface area contributed by atoms with Gasteiger partial charge in [0.2, 0.25) is 0 Å². The second-order valence-electron chi connectivity index (χ2n) is 2.99. The van der Waals surface area contributed by atoms with Gasteiger partial charge in [-0.3, -0.25) is 9.59 Å². The number of Topliss-reactive ketones (excluding diaryl/α,β-unsaturated/α-hetero) is 1. The molecule has 0 saturated carbocycles. The molecule has 1 aliphatic carbocycles. The van der Waals surface area contributed by atoms with Crippen molar-refractivity contribution in [1.29, 1.82) is 0 Å². The number of ketones is 1. The van der Waals surface area contributed by atoms with E-state index in [0.717, 1.165) is 0 Å². The monoisotopic (exact) mass is 181 g/mol. The number of carboxylic acid groups (broad SMARTS) is 1. The Morgan fingerprint density at radius 1 is 1.62 bits per heavy atom. The van der Waals surface area contributed by atoms with Crippen LogP contribution in [0.25, 0.3) is 0 Å². The lowest BCUT2D eigenvalue weighted by atomic mass is 9.90. The van der Waals surface area contributed by atoms with Crippen molar-refractivity contribution in [2.45, 2.75) is 12.8 Å². The summed E-state index contributed by atoms with van der Waals surface area (Å²) in [6.07, 6.45) is 1.46. The highest BCUT2D eigenvalue weighted by Gasteiger charge is 2.32. The Hall–Kier alpha value is -1.65. The van der Waals surface area contributed by atoms with Gasteiger partial charge in [-0.15, -0.1) is 0 Å². The maximum absolute atomic E-state index is 11.3. The lowest BCUT2D eigenvalue weighted by Gasteiger charge is -2.14. The predicted octanol–water partition coefficient (Wildman–Crippen LogP) is 0.504. The molecule has 0 fully saturated rings. The fourth-order valence-electron chi connectivity index (χ4n) is 1.43. The quantitative estimate of drug-likeness (QED) is 0.682. The van der Waals surface area contributed by atoms with Crippen molar-refractivity contribution in [1.82, 2.24) is 4.98 Å². The SMILES string of the molecule is O=C1CC(C(=O)O)Cc2ocnc21. The topological polar surface area (TPSA) is 80.4 Å². The molecule has 0 radical (unpaired) electrons. The average Bonchev–Trinajstić information content (AvgIpc) is 2.51. The molecule has 0 amide bonds. The van der Waals surface area contributed by atoms with Gasteiger partial charge in [-0.05, 0) is 0 Å². The highest BCUT2D eigenvalue weighted by molar-refractivity contribution is 5.98. The zero-order valence-corrected chi connectivity index (χ0v) is 6.69. The largest absolute Gasteiger partial charge is 0.481 e. The lowest BCUT2D eigenvalue weighted by Crippen LogP contribution is -2.25.